The van der Waals surface area contributed by atoms with E-state index >= 15 is 0 Å². The fraction of sp³-hybridized carbons (Fsp3) is 0.120. The number of ketones is 3. The largest absolute Gasteiger partial charge is 0.325 e. The highest BCUT2D eigenvalue weighted by atomic mass is 16.2. The van der Waals surface area contributed by atoms with E-state index in [2.05, 4.69) is 5.32 Å². The van der Waals surface area contributed by atoms with Gasteiger partial charge < -0.3 is 5.32 Å². The first kappa shape index (κ1) is 19.5. The average molecular weight is 397 g/mol. The Morgan fingerprint density at radius 1 is 0.733 bits per heavy atom. The highest BCUT2D eigenvalue weighted by molar-refractivity contribution is 6.30. The van der Waals surface area contributed by atoms with Gasteiger partial charge in [0.15, 0.2) is 17.3 Å². The summed E-state index contributed by atoms with van der Waals surface area (Å²) in [5.41, 5.74) is 3.05. The lowest BCUT2D eigenvalue weighted by atomic mass is 9.83. The van der Waals surface area contributed by atoms with Crippen LogP contribution in [0.3, 0.4) is 0 Å². The van der Waals surface area contributed by atoms with Gasteiger partial charge in [-0.05, 0) is 13.0 Å². The summed E-state index contributed by atoms with van der Waals surface area (Å²) in [7, 11) is 0. The second-order valence-electron chi connectivity index (χ2n) is 7.27. The van der Waals surface area contributed by atoms with E-state index in [1.165, 1.54) is 0 Å². The molecule has 0 saturated heterocycles. The van der Waals surface area contributed by atoms with E-state index in [1.54, 1.807) is 54.6 Å². The summed E-state index contributed by atoms with van der Waals surface area (Å²) in [6, 6.07) is 18.6. The normalized spacial score (nSPS) is 12.2. The molecule has 0 heterocycles. The molecule has 0 bridgehead atoms. The smallest absolute Gasteiger partial charge is 0.224 e. The van der Waals surface area contributed by atoms with Crippen LogP contribution in [0.1, 0.15) is 60.6 Å². The van der Waals surface area contributed by atoms with Gasteiger partial charge in [-0.2, -0.15) is 0 Å². The number of amides is 1. The standard InChI is InChI=1S/C25H19NO4/c1-15-9-11-16(12-10-15)21(27)13-14-22(28)26-20-8-4-7-19-23(20)25(30)18-6-3-2-5-17(18)24(19)29/h2-12H,13-14H2,1H3,(H,26,28). The van der Waals surface area contributed by atoms with Crippen molar-refractivity contribution >= 4 is 28.9 Å². The first-order chi connectivity index (χ1) is 14.5. The number of carbonyl (C=O) groups excluding carboxylic acids is 4. The van der Waals surface area contributed by atoms with Crippen LogP contribution in [-0.4, -0.2) is 23.3 Å². The highest BCUT2D eigenvalue weighted by Gasteiger charge is 2.31. The second kappa shape index (κ2) is 7.87. The van der Waals surface area contributed by atoms with Crippen molar-refractivity contribution in [1.82, 2.24) is 0 Å². The van der Waals surface area contributed by atoms with Crippen molar-refractivity contribution in [1.29, 1.82) is 0 Å². The number of nitrogens with one attached hydrogen (secondary N) is 1. The van der Waals surface area contributed by atoms with Crippen LogP contribution in [-0.2, 0) is 4.79 Å². The summed E-state index contributed by atoms with van der Waals surface area (Å²) in [6.07, 6.45) is 0.0364. The minimum atomic E-state index is -0.386. The van der Waals surface area contributed by atoms with Gasteiger partial charge in [-0.25, -0.2) is 0 Å². The summed E-state index contributed by atoms with van der Waals surface area (Å²) < 4.78 is 0. The van der Waals surface area contributed by atoms with Gasteiger partial charge in [-0.15, -0.1) is 0 Å². The van der Waals surface area contributed by atoms with Crippen LogP contribution in [0.25, 0.3) is 0 Å². The maximum atomic E-state index is 13.0. The molecule has 30 heavy (non-hydrogen) atoms. The van der Waals surface area contributed by atoms with Crippen molar-refractivity contribution in [3.8, 4) is 0 Å². The van der Waals surface area contributed by atoms with E-state index in [4.69, 9.17) is 0 Å². The molecule has 0 aliphatic heterocycles. The molecule has 4 rings (SSSR count). The lowest BCUT2D eigenvalue weighted by Crippen LogP contribution is -2.24. The molecule has 0 aromatic heterocycles. The Morgan fingerprint density at radius 3 is 2.07 bits per heavy atom. The van der Waals surface area contributed by atoms with Crippen LogP contribution in [0.15, 0.2) is 66.7 Å². The second-order valence-corrected chi connectivity index (χ2v) is 7.27. The van der Waals surface area contributed by atoms with E-state index in [0.717, 1.165) is 5.56 Å². The van der Waals surface area contributed by atoms with E-state index in [-0.39, 0.29) is 52.9 Å². The number of aryl methyl sites for hydroxylation is 1. The van der Waals surface area contributed by atoms with Gasteiger partial charge in [0.2, 0.25) is 5.91 Å². The van der Waals surface area contributed by atoms with Crippen molar-refractivity contribution in [3.63, 3.8) is 0 Å². The fourth-order valence-electron chi connectivity index (χ4n) is 3.57. The highest BCUT2D eigenvalue weighted by Crippen LogP contribution is 2.32. The summed E-state index contributed by atoms with van der Waals surface area (Å²) in [5.74, 6) is -1.05. The molecule has 3 aromatic carbocycles. The fourth-order valence-corrected chi connectivity index (χ4v) is 3.57. The van der Waals surface area contributed by atoms with Crippen LogP contribution in [0, 0.1) is 6.92 Å². The topological polar surface area (TPSA) is 80.3 Å². The van der Waals surface area contributed by atoms with Crippen LogP contribution >= 0.6 is 0 Å². The van der Waals surface area contributed by atoms with Gasteiger partial charge in [0.05, 0.1) is 11.3 Å². The minimum Gasteiger partial charge on any atom is -0.325 e. The van der Waals surface area contributed by atoms with Gasteiger partial charge in [0.25, 0.3) is 0 Å². The SMILES string of the molecule is Cc1ccc(C(=O)CCC(=O)Nc2cccc3c2C(=O)c2ccccc2C3=O)cc1. The molecule has 148 valence electrons. The van der Waals surface area contributed by atoms with Crippen LogP contribution in [0.2, 0.25) is 0 Å². The van der Waals surface area contributed by atoms with E-state index in [1.807, 2.05) is 19.1 Å². The Balaban J connectivity index is 1.51. The number of benzene rings is 3. The molecular weight excluding hydrogens is 378 g/mol. The average Bonchev–Trinajstić information content (AvgIpc) is 2.76. The molecule has 1 aliphatic carbocycles. The first-order valence-electron chi connectivity index (χ1n) is 9.67. The molecule has 3 aromatic rings. The van der Waals surface area contributed by atoms with Crippen LogP contribution in [0.4, 0.5) is 5.69 Å². The maximum absolute atomic E-state index is 13.0. The van der Waals surface area contributed by atoms with Gasteiger partial charge in [0, 0.05) is 35.1 Å². The number of carbonyl (C=O) groups is 4. The Bertz CT molecular complexity index is 1190. The van der Waals surface area contributed by atoms with E-state index in [9.17, 15) is 19.2 Å². The Labute approximate surface area is 173 Å². The maximum Gasteiger partial charge on any atom is 0.224 e. The molecule has 0 spiro atoms. The van der Waals surface area contributed by atoms with Crippen molar-refractivity contribution < 1.29 is 19.2 Å². The molecule has 1 amide bonds. The molecule has 0 radical (unpaired) electrons. The Kier molecular flexibility index (Phi) is 5.11. The molecule has 5 nitrogen and oxygen atoms in total. The van der Waals surface area contributed by atoms with Crippen molar-refractivity contribution in [2.24, 2.45) is 0 Å². The number of hydrogen-bond donors (Lipinski definition) is 1. The predicted molar refractivity (Wildman–Crippen MR) is 113 cm³/mol. The monoisotopic (exact) mass is 397 g/mol. The predicted octanol–water partition coefficient (Wildman–Crippen LogP) is 4.37. The zero-order valence-electron chi connectivity index (χ0n) is 16.4. The Hall–Kier alpha value is -3.86. The molecule has 0 atom stereocenters. The molecular formula is C25H19NO4. The van der Waals surface area contributed by atoms with E-state index in [0.29, 0.717) is 16.7 Å². The lowest BCUT2D eigenvalue weighted by molar-refractivity contribution is -0.116. The van der Waals surface area contributed by atoms with Crippen molar-refractivity contribution in [3.05, 3.63) is 100 Å². The third kappa shape index (κ3) is 3.57. The first-order valence-corrected chi connectivity index (χ1v) is 9.67. The van der Waals surface area contributed by atoms with Crippen molar-refractivity contribution in [2.75, 3.05) is 5.32 Å². The van der Waals surface area contributed by atoms with Crippen molar-refractivity contribution in [2.45, 2.75) is 19.8 Å². The zero-order valence-corrected chi connectivity index (χ0v) is 16.4. The minimum absolute atomic E-state index is 0.0187. The van der Waals surface area contributed by atoms with Gasteiger partial charge in [0.1, 0.15) is 0 Å². The number of rotatable bonds is 5. The summed E-state index contributed by atoms with van der Waals surface area (Å²) >= 11 is 0. The van der Waals surface area contributed by atoms with Gasteiger partial charge in [-0.1, -0.05) is 66.2 Å². The molecule has 0 saturated carbocycles. The van der Waals surface area contributed by atoms with Gasteiger partial charge >= 0.3 is 0 Å². The third-order valence-corrected chi connectivity index (χ3v) is 5.18. The summed E-state index contributed by atoms with van der Waals surface area (Å²) in [4.78, 5) is 50.5. The third-order valence-electron chi connectivity index (χ3n) is 5.18. The van der Waals surface area contributed by atoms with Gasteiger partial charge in [-0.3, -0.25) is 19.2 Å². The Morgan fingerprint density at radius 2 is 1.37 bits per heavy atom. The molecule has 1 aliphatic rings. The van der Waals surface area contributed by atoms with Crippen LogP contribution < -0.4 is 5.32 Å². The number of anilines is 1. The zero-order chi connectivity index (χ0) is 21.3. The lowest BCUT2D eigenvalue weighted by Gasteiger charge is -2.20. The van der Waals surface area contributed by atoms with E-state index < -0.39 is 0 Å². The number of fused-ring (bicyclic) bond motifs is 2. The van der Waals surface area contributed by atoms with Crippen LogP contribution in [0.5, 0.6) is 0 Å². The molecule has 5 heteroatoms. The summed E-state index contributed by atoms with van der Waals surface area (Å²) in [5, 5.41) is 2.70. The molecule has 0 fully saturated rings. The molecule has 1 N–H and O–H groups in total. The number of hydrogen-bond acceptors (Lipinski definition) is 4. The summed E-state index contributed by atoms with van der Waals surface area (Å²) in [6.45, 7) is 1.94. The quantitative estimate of drug-likeness (QED) is 0.507. The molecule has 0 unspecified atom stereocenters. The number of Topliss-reactive ketones (excluding diaryl/α,β-unsaturated/α-hetero) is 1.